The van der Waals surface area contributed by atoms with E-state index in [1.54, 1.807) is 15.6 Å². The van der Waals surface area contributed by atoms with Crippen LogP contribution in [0.4, 0.5) is 0 Å². The lowest BCUT2D eigenvalue weighted by Gasteiger charge is -2.23. The first kappa shape index (κ1) is 15.0. The lowest BCUT2D eigenvalue weighted by molar-refractivity contribution is -0.905. The molecule has 1 aliphatic heterocycles. The van der Waals surface area contributed by atoms with Crippen LogP contribution in [0.25, 0.3) is 11.3 Å². The van der Waals surface area contributed by atoms with E-state index in [9.17, 15) is 4.79 Å². The Kier molecular flexibility index (Phi) is 4.68. The van der Waals surface area contributed by atoms with E-state index in [0.29, 0.717) is 6.54 Å². The second-order valence-electron chi connectivity index (χ2n) is 6.21. The van der Waals surface area contributed by atoms with Crippen LogP contribution >= 0.6 is 0 Å². The number of rotatable bonds is 4. The molecule has 0 saturated carbocycles. The molecule has 0 atom stereocenters. The lowest BCUT2D eigenvalue weighted by atomic mass is 10.1. The Balaban J connectivity index is 1.74. The second-order valence-corrected chi connectivity index (χ2v) is 6.21. The molecule has 4 nitrogen and oxygen atoms in total. The Bertz CT molecular complexity index is 669. The summed E-state index contributed by atoms with van der Waals surface area (Å²) in [6.07, 6.45) is 3.97. The molecule has 0 unspecified atom stereocenters. The molecule has 0 amide bonds. The van der Waals surface area contributed by atoms with Gasteiger partial charge in [0.25, 0.3) is 5.56 Å². The fourth-order valence-electron chi connectivity index (χ4n) is 3.05. The summed E-state index contributed by atoms with van der Waals surface area (Å²) in [7, 11) is 0. The van der Waals surface area contributed by atoms with Crippen molar-refractivity contribution in [2.45, 2.75) is 32.7 Å². The number of likely N-dealkylation sites (tertiary alicyclic amines) is 1. The number of benzene rings is 1. The van der Waals surface area contributed by atoms with Crippen molar-refractivity contribution in [2.75, 3.05) is 19.6 Å². The normalized spacial score (nSPS) is 15.9. The molecule has 1 aromatic heterocycles. The Morgan fingerprint density at radius 2 is 1.77 bits per heavy atom. The van der Waals surface area contributed by atoms with Crippen LogP contribution in [0.1, 0.15) is 24.8 Å². The van der Waals surface area contributed by atoms with Crippen LogP contribution in [0.2, 0.25) is 0 Å². The van der Waals surface area contributed by atoms with Gasteiger partial charge in [0.1, 0.15) is 0 Å². The predicted octanol–water partition coefficient (Wildman–Crippen LogP) is 1.29. The monoisotopic (exact) mass is 298 g/mol. The maximum absolute atomic E-state index is 12.0. The van der Waals surface area contributed by atoms with Crippen LogP contribution in [0.5, 0.6) is 0 Å². The molecule has 0 bridgehead atoms. The van der Waals surface area contributed by atoms with E-state index in [2.05, 4.69) is 36.3 Å². The largest absolute Gasteiger partial charge is 0.333 e. The van der Waals surface area contributed by atoms with E-state index < -0.39 is 0 Å². The summed E-state index contributed by atoms with van der Waals surface area (Å²) in [5.74, 6) is 0. The van der Waals surface area contributed by atoms with Gasteiger partial charge in [-0.1, -0.05) is 29.8 Å². The minimum atomic E-state index is -0.00716. The molecule has 1 aliphatic rings. The SMILES string of the molecule is Cc1ccc(-c2ccc(=O)n(CC[NH+]3CCCCC3)n2)cc1. The zero-order chi connectivity index (χ0) is 15.4. The molecule has 1 fully saturated rings. The lowest BCUT2D eigenvalue weighted by Crippen LogP contribution is -3.13. The number of aryl methyl sites for hydroxylation is 1. The molecule has 0 radical (unpaired) electrons. The van der Waals surface area contributed by atoms with Crippen LogP contribution in [0, 0.1) is 6.92 Å². The van der Waals surface area contributed by atoms with Gasteiger partial charge in [-0.15, -0.1) is 0 Å². The molecule has 3 rings (SSSR count). The first-order valence-electron chi connectivity index (χ1n) is 8.21. The average Bonchev–Trinajstić information content (AvgIpc) is 2.56. The third-order valence-corrected chi connectivity index (χ3v) is 4.45. The van der Waals surface area contributed by atoms with Gasteiger partial charge in [-0.05, 0) is 32.3 Å². The standard InChI is InChI=1S/C18H23N3O/c1-15-5-7-16(8-6-15)17-9-10-18(22)21(19-17)14-13-20-11-3-2-4-12-20/h5-10H,2-4,11-14H2,1H3/p+1. The molecule has 1 aromatic carbocycles. The maximum Gasteiger partial charge on any atom is 0.266 e. The zero-order valence-electron chi connectivity index (χ0n) is 13.2. The third-order valence-electron chi connectivity index (χ3n) is 4.45. The van der Waals surface area contributed by atoms with Gasteiger partial charge in [0.05, 0.1) is 31.9 Å². The van der Waals surface area contributed by atoms with Crippen LogP contribution in [-0.2, 0) is 6.54 Å². The van der Waals surface area contributed by atoms with Crippen LogP contribution < -0.4 is 10.5 Å². The highest BCUT2D eigenvalue weighted by Crippen LogP contribution is 2.15. The minimum absolute atomic E-state index is 0.00716. The number of quaternary nitrogens is 1. The average molecular weight is 298 g/mol. The zero-order valence-corrected chi connectivity index (χ0v) is 13.2. The van der Waals surface area contributed by atoms with Gasteiger partial charge in [-0.3, -0.25) is 4.79 Å². The Morgan fingerprint density at radius 3 is 2.50 bits per heavy atom. The summed E-state index contributed by atoms with van der Waals surface area (Å²) in [6, 6.07) is 11.7. The fraction of sp³-hybridized carbons (Fsp3) is 0.444. The predicted molar refractivity (Wildman–Crippen MR) is 88.1 cm³/mol. The van der Waals surface area contributed by atoms with Crippen LogP contribution in [0.3, 0.4) is 0 Å². The summed E-state index contributed by atoms with van der Waals surface area (Å²) >= 11 is 0. The molecule has 116 valence electrons. The van der Waals surface area contributed by atoms with Crippen molar-refractivity contribution < 1.29 is 4.90 Å². The summed E-state index contributed by atoms with van der Waals surface area (Å²) < 4.78 is 1.62. The Hall–Kier alpha value is -1.94. The molecule has 0 aliphatic carbocycles. The van der Waals surface area contributed by atoms with Crippen molar-refractivity contribution in [3.05, 3.63) is 52.3 Å². The second kappa shape index (κ2) is 6.88. The fourth-order valence-corrected chi connectivity index (χ4v) is 3.05. The van der Waals surface area contributed by atoms with Gasteiger partial charge in [0.2, 0.25) is 0 Å². The Labute approximate surface area is 131 Å². The van der Waals surface area contributed by atoms with Crippen molar-refractivity contribution in [3.8, 4) is 11.3 Å². The first-order chi connectivity index (χ1) is 10.7. The number of hydrogen-bond donors (Lipinski definition) is 1. The molecule has 22 heavy (non-hydrogen) atoms. The third kappa shape index (κ3) is 3.63. The van der Waals surface area contributed by atoms with E-state index >= 15 is 0 Å². The van der Waals surface area contributed by atoms with E-state index in [4.69, 9.17) is 0 Å². The van der Waals surface area contributed by atoms with Crippen molar-refractivity contribution >= 4 is 0 Å². The number of piperidine rings is 1. The van der Waals surface area contributed by atoms with Gasteiger partial charge in [0, 0.05) is 11.6 Å². The van der Waals surface area contributed by atoms with Crippen molar-refractivity contribution in [3.63, 3.8) is 0 Å². The summed E-state index contributed by atoms with van der Waals surface area (Å²) in [5.41, 5.74) is 3.15. The topological polar surface area (TPSA) is 39.3 Å². The first-order valence-corrected chi connectivity index (χ1v) is 8.21. The van der Waals surface area contributed by atoms with E-state index in [1.807, 2.05) is 6.07 Å². The highest BCUT2D eigenvalue weighted by Gasteiger charge is 2.13. The molecule has 4 heteroatoms. The number of aromatic nitrogens is 2. The van der Waals surface area contributed by atoms with E-state index in [-0.39, 0.29) is 5.56 Å². The van der Waals surface area contributed by atoms with Gasteiger partial charge in [-0.25, -0.2) is 4.68 Å². The van der Waals surface area contributed by atoms with E-state index in [1.165, 1.54) is 37.9 Å². The highest BCUT2D eigenvalue weighted by molar-refractivity contribution is 5.58. The van der Waals surface area contributed by atoms with Crippen molar-refractivity contribution in [2.24, 2.45) is 0 Å². The molecule has 0 spiro atoms. The van der Waals surface area contributed by atoms with Crippen molar-refractivity contribution in [1.29, 1.82) is 0 Å². The van der Waals surface area contributed by atoms with Gasteiger partial charge < -0.3 is 4.90 Å². The maximum atomic E-state index is 12.0. The van der Waals surface area contributed by atoms with Crippen LogP contribution in [-0.4, -0.2) is 29.4 Å². The molecule has 1 saturated heterocycles. The minimum Gasteiger partial charge on any atom is -0.333 e. The summed E-state index contributed by atoms with van der Waals surface area (Å²) in [4.78, 5) is 13.6. The van der Waals surface area contributed by atoms with Gasteiger partial charge in [0.15, 0.2) is 0 Å². The molecular weight excluding hydrogens is 274 g/mol. The smallest absolute Gasteiger partial charge is 0.266 e. The summed E-state index contributed by atoms with van der Waals surface area (Å²) in [6.45, 7) is 6.22. The van der Waals surface area contributed by atoms with Gasteiger partial charge in [-0.2, -0.15) is 5.10 Å². The quantitative estimate of drug-likeness (QED) is 0.924. The molecule has 2 aromatic rings. The molecular formula is C18H24N3O+. The Morgan fingerprint density at radius 1 is 1.05 bits per heavy atom. The van der Waals surface area contributed by atoms with Crippen molar-refractivity contribution in [1.82, 2.24) is 9.78 Å². The number of hydrogen-bond acceptors (Lipinski definition) is 2. The number of nitrogens with zero attached hydrogens (tertiary/aromatic N) is 2. The summed E-state index contributed by atoms with van der Waals surface area (Å²) in [5, 5.41) is 4.55. The van der Waals surface area contributed by atoms with Crippen LogP contribution in [0.15, 0.2) is 41.2 Å². The van der Waals surface area contributed by atoms with E-state index in [0.717, 1.165) is 17.8 Å². The number of nitrogens with one attached hydrogen (secondary N) is 1. The highest BCUT2D eigenvalue weighted by atomic mass is 16.1. The van der Waals surface area contributed by atoms with Gasteiger partial charge >= 0.3 is 0 Å². The molecule has 2 heterocycles. The molecule has 1 N–H and O–H groups in total.